The van der Waals surface area contributed by atoms with Crippen LogP contribution in [-0.2, 0) is 12.7 Å². The maximum absolute atomic E-state index is 12.7. The molecule has 0 aliphatic carbocycles. The molecule has 2 heterocycles. The Kier molecular flexibility index (Phi) is 5.04. The molecule has 0 aromatic heterocycles. The maximum atomic E-state index is 12.7. The summed E-state index contributed by atoms with van der Waals surface area (Å²) in [5.74, 6) is 1.07. The molecule has 0 radical (unpaired) electrons. The minimum absolute atomic E-state index is 0.294. The minimum Gasteiger partial charge on any atom is -0.370 e. The quantitative estimate of drug-likeness (QED) is 0.599. The lowest BCUT2D eigenvalue weighted by Crippen LogP contribution is -2.49. The highest BCUT2D eigenvalue weighted by molar-refractivity contribution is 5.79. The van der Waals surface area contributed by atoms with Crippen LogP contribution < -0.4 is 5.73 Å². The Labute approximate surface area is 163 Å². The normalized spacial score (nSPS) is 25.2. The van der Waals surface area contributed by atoms with E-state index in [1.54, 1.807) is 0 Å². The molecule has 0 amide bonds. The van der Waals surface area contributed by atoms with Gasteiger partial charge in [0.25, 0.3) is 0 Å². The first-order valence-corrected chi connectivity index (χ1v) is 9.71. The van der Waals surface area contributed by atoms with Gasteiger partial charge >= 0.3 is 6.18 Å². The predicted octanol–water partition coefficient (Wildman–Crippen LogP) is 4.93. The van der Waals surface area contributed by atoms with Crippen molar-refractivity contribution in [3.63, 3.8) is 0 Å². The van der Waals surface area contributed by atoms with Gasteiger partial charge in [-0.1, -0.05) is 42.5 Å². The van der Waals surface area contributed by atoms with Crippen LogP contribution >= 0.6 is 0 Å². The summed E-state index contributed by atoms with van der Waals surface area (Å²) in [5, 5.41) is 0. The van der Waals surface area contributed by atoms with Crippen LogP contribution in [0.25, 0.3) is 0 Å². The van der Waals surface area contributed by atoms with Gasteiger partial charge in [0.15, 0.2) is 5.96 Å². The Morgan fingerprint density at radius 3 is 2.14 bits per heavy atom. The molecule has 2 fully saturated rings. The number of aliphatic imine (C=N–C) groups is 1. The summed E-state index contributed by atoms with van der Waals surface area (Å²) < 4.78 is 38.0. The highest BCUT2D eigenvalue weighted by Crippen LogP contribution is 2.42. The van der Waals surface area contributed by atoms with Crippen LogP contribution in [0, 0.1) is 0 Å². The average Bonchev–Trinajstić information content (AvgIpc) is 2.96. The van der Waals surface area contributed by atoms with Crippen LogP contribution in [0.3, 0.4) is 0 Å². The Bertz CT molecular complexity index is 816. The third-order valence-corrected chi connectivity index (χ3v) is 5.97. The van der Waals surface area contributed by atoms with E-state index < -0.39 is 11.7 Å². The summed E-state index contributed by atoms with van der Waals surface area (Å²) in [6.07, 6.45) is 0.0478. The van der Waals surface area contributed by atoms with E-state index in [9.17, 15) is 13.2 Å². The van der Waals surface area contributed by atoms with E-state index in [0.717, 1.165) is 43.4 Å². The van der Waals surface area contributed by atoms with E-state index in [2.05, 4.69) is 34.2 Å². The van der Waals surface area contributed by atoms with Crippen LogP contribution in [0.15, 0.2) is 59.6 Å². The summed E-state index contributed by atoms with van der Waals surface area (Å²) >= 11 is 0. The molecule has 2 aromatic carbocycles. The number of guanidine groups is 1. The van der Waals surface area contributed by atoms with Gasteiger partial charge in [-0.15, -0.1) is 0 Å². The fourth-order valence-corrected chi connectivity index (χ4v) is 4.60. The van der Waals surface area contributed by atoms with E-state index in [4.69, 9.17) is 5.73 Å². The van der Waals surface area contributed by atoms with Crippen molar-refractivity contribution >= 4 is 5.96 Å². The molecule has 3 nitrogen and oxygen atoms in total. The molecule has 1 unspecified atom stereocenters. The molecular formula is C22H24F3N3. The largest absolute Gasteiger partial charge is 0.416 e. The first kappa shape index (κ1) is 18.8. The topological polar surface area (TPSA) is 41.6 Å². The highest BCUT2D eigenvalue weighted by atomic mass is 19.4. The number of halogens is 3. The number of fused-ring (bicyclic) bond motifs is 2. The molecule has 3 atom stereocenters. The second-order valence-corrected chi connectivity index (χ2v) is 7.74. The van der Waals surface area contributed by atoms with Crippen molar-refractivity contribution in [3.05, 3.63) is 71.3 Å². The number of benzene rings is 2. The lowest BCUT2D eigenvalue weighted by Gasteiger charge is -2.40. The van der Waals surface area contributed by atoms with Gasteiger partial charge in [-0.2, -0.15) is 13.2 Å². The molecule has 0 saturated carbocycles. The maximum Gasteiger partial charge on any atom is 0.416 e. The molecule has 2 saturated heterocycles. The van der Waals surface area contributed by atoms with Gasteiger partial charge in [-0.25, -0.2) is 4.99 Å². The van der Waals surface area contributed by atoms with Gasteiger partial charge in [-0.05, 0) is 54.9 Å². The second kappa shape index (κ2) is 7.49. The molecule has 2 bridgehead atoms. The summed E-state index contributed by atoms with van der Waals surface area (Å²) in [5.41, 5.74) is 7.76. The lowest BCUT2D eigenvalue weighted by atomic mass is 9.85. The first-order chi connectivity index (χ1) is 13.4. The average molecular weight is 387 g/mol. The zero-order valence-electron chi connectivity index (χ0n) is 15.6. The van der Waals surface area contributed by atoms with E-state index in [-0.39, 0.29) is 0 Å². The van der Waals surface area contributed by atoms with E-state index >= 15 is 0 Å². The van der Waals surface area contributed by atoms with Crippen molar-refractivity contribution in [1.82, 2.24) is 4.90 Å². The third kappa shape index (κ3) is 3.86. The number of piperidine rings is 1. The van der Waals surface area contributed by atoms with Crippen LogP contribution in [0.5, 0.6) is 0 Å². The molecule has 2 aliphatic rings. The van der Waals surface area contributed by atoms with Crippen molar-refractivity contribution in [2.24, 2.45) is 10.7 Å². The Hall–Kier alpha value is -2.50. The summed E-state index contributed by atoms with van der Waals surface area (Å²) in [7, 11) is 0. The van der Waals surface area contributed by atoms with Crippen molar-refractivity contribution in [1.29, 1.82) is 0 Å². The van der Waals surface area contributed by atoms with Crippen LogP contribution in [0.1, 0.15) is 48.3 Å². The van der Waals surface area contributed by atoms with E-state index in [1.165, 1.54) is 17.7 Å². The summed E-state index contributed by atoms with van der Waals surface area (Å²) in [4.78, 5) is 6.73. The van der Waals surface area contributed by atoms with Gasteiger partial charge in [0.2, 0.25) is 0 Å². The number of hydrogen-bond acceptors (Lipinski definition) is 1. The predicted molar refractivity (Wildman–Crippen MR) is 104 cm³/mol. The molecule has 6 heteroatoms. The number of rotatable bonds is 3. The van der Waals surface area contributed by atoms with Crippen molar-refractivity contribution in [2.45, 2.75) is 56.4 Å². The third-order valence-electron chi connectivity index (χ3n) is 5.97. The van der Waals surface area contributed by atoms with Crippen LogP contribution in [0.4, 0.5) is 13.2 Å². The van der Waals surface area contributed by atoms with Gasteiger partial charge < -0.3 is 10.6 Å². The van der Waals surface area contributed by atoms with Gasteiger partial charge in [0, 0.05) is 12.1 Å². The molecule has 148 valence electrons. The van der Waals surface area contributed by atoms with Crippen molar-refractivity contribution in [2.75, 3.05) is 0 Å². The summed E-state index contributed by atoms with van der Waals surface area (Å²) in [6, 6.07) is 16.5. The molecular weight excluding hydrogens is 363 g/mol. The standard InChI is InChI=1S/C22H24F3N3/c23-22(24,25)18-8-6-15(7-9-18)14-27-21(26)28-19-10-11-20(28)13-17(12-19)16-4-2-1-3-5-16/h1-9,17,19-20H,10-14H2,(H2,26,27)/t17?,19-,20+. The van der Waals surface area contributed by atoms with Crippen LogP contribution in [0.2, 0.25) is 0 Å². The smallest absolute Gasteiger partial charge is 0.370 e. The monoisotopic (exact) mass is 387 g/mol. The zero-order valence-corrected chi connectivity index (χ0v) is 15.6. The summed E-state index contributed by atoms with van der Waals surface area (Å²) in [6.45, 7) is 0.294. The first-order valence-electron chi connectivity index (χ1n) is 9.71. The molecule has 2 aliphatic heterocycles. The lowest BCUT2D eigenvalue weighted by molar-refractivity contribution is -0.137. The molecule has 2 N–H and O–H groups in total. The zero-order chi connectivity index (χ0) is 19.7. The van der Waals surface area contributed by atoms with E-state index in [0.29, 0.717) is 30.5 Å². The number of nitrogens with zero attached hydrogens (tertiary/aromatic N) is 2. The van der Waals surface area contributed by atoms with Crippen molar-refractivity contribution < 1.29 is 13.2 Å². The molecule has 2 aromatic rings. The second-order valence-electron chi connectivity index (χ2n) is 7.74. The van der Waals surface area contributed by atoms with Gasteiger partial charge in [0.05, 0.1) is 12.1 Å². The molecule has 28 heavy (non-hydrogen) atoms. The molecule has 0 spiro atoms. The van der Waals surface area contributed by atoms with Gasteiger partial charge in [0.1, 0.15) is 0 Å². The Morgan fingerprint density at radius 1 is 0.964 bits per heavy atom. The Morgan fingerprint density at radius 2 is 1.57 bits per heavy atom. The van der Waals surface area contributed by atoms with Crippen molar-refractivity contribution in [3.8, 4) is 0 Å². The van der Waals surface area contributed by atoms with Gasteiger partial charge in [-0.3, -0.25) is 0 Å². The fraction of sp³-hybridized carbons (Fsp3) is 0.409. The fourth-order valence-electron chi connectivity index (χ4n) is 4.60. The van der Waals surface area contributed by atoms with Crippen LogP contribution in [-0.4, -0.2) is 22.9 Å². The van der Waals surface area contributed by atoms with E-state index in [1.807, 2.05) is 6.07 Å². The highest BCUT2D eigenvalue weighted by Gasteiger charge is 2.42. The number of alkyl halides is 3. The SMILES string of the molecule is NC(=NCc1ccc(C(F)(F)F)cc1)N1[C@@H]2CC[C@H]1CC(c1ccccc1)C2. The number of hydrogen-bond donors (Lipinski definition) is 1. The molecule has 4 rings (SSSR count). The minimum atomic E-state index is -4.32. The number of nitrogens with two attached hydrogens (primary N) is 1. The Balaban J connectivity index is 1.42.